The number of anilines is 1. The molecule has 0 spiro atoms. The third-order valence-corrected chi connectivity index (χ3v) is 5.99. The van der Waals surface area contributed by atoms with E-state index in [1.807, 2.05) is 39.0 Å². The maximum Gasteiger partial charge on any atom is 0.241 e. The normalized spacial score (nSPS) is 12.5. The molecule has 0 unspecified atom stereocenters. The Morgan fingerprint density at radius 3 is 2.39 bits per heavy atom. The van der Waals surface area contributed by atoms with E-state index >= 15 is 0 Å². The summed E-state index contributed by atoms with van der Waals surface area (Å²) in [5, 5.41) is 2.66. The maximum absolute atomic E-state index is 13.4. The highest BCUT2D eigenvalue weighted by Crippen LogP contribution is 2.25. The van der Waals surface area contributed by atoms with Crippen molar-refractivity contribution >= 4 is 33.2 Å². The maximum atomic E-state index is 13.4. The molecule has 8 heteroatoms. The van der Waals surface area contributed by atoms with Crippen LogP contribution in [0.15, 0.2) is 36.4 Å². The fraction of sp³-hybridized carbons (Fsp3) is 0.350. The summed E-state index contributed by atoms with van der Waals surface area (Å²) in [5.41, 5.74) is 3.35. The molecule has 0 aliphatic carbocycles. The van der Waals surface area contributed by atoms with Crippen LogP contribution < -0.4 is 9.62 Å². The van der Waals surface area contributed by atoms with Gasteiger partial charge >= 0.3 is 0 Å². The fourth-order valence-corrected chi connectivity index (χ4v) is 3.84. The Labute approximate surface area is 170 Å². The first kappa shape index (κ1) is 22.2. The van der Waals surface area contributed by atoms with Gasteiger partial charge in [0.2, 0.25) is 15.9 Å². The molecule has 1 amide bonds. The van der Waals surface area contributed by atoms with Gasteiger partial charge in [0, 0.05) is 0 Å². The standard InChI is InChI=1S/C20H24ClFN2O3S/c1-5-19(15-7-6-13(2)14(3)10-15)23-20(25)12-24(28(4,26)27)16-8-9-18(22)17(21)11-16/h6-11,19H,5,12H2,1-4H3,(H,23,25)/t19-/m1/s1. The van der Waals surface area contributed by atoms with E-state index < -0.39 is 28.3 Å². The van der Waals surface area contributed by atoms with Crippen molar-refractivity contribution in [1.29, 1.82) is 0 Å². The largest absolute Gasteiger partial charge is 0.348 e. The minimum atomic E-state index is -3.77. The van der Waals surface area contributed by atoms with E-state index in [0.717, 1.165) is 33.3 Å². The predicted molar refractivity (Wildman–Crippen MR) is 111 cm³/mol. The van der Waals surface area contributed by atoms with Crippen molar-refractivity contribution in [2.75, 3.05) is 17.1 Å². The smallest absolute Gasteiger partial charge is 0.241 e. The molecule has 2 aromatic carbocycles. The first-order chi connectivity index (χ1) is 13.0. The Hall–Kier alpha value is -2.12. The molecule has 5 nitrogen and oxygen atoms in total. The van der Waals surface area contributed by atoms with E-state index in [1.54, 1.807) is 0 Å². The molecule has 0 aliphatic rings. The van der Waals surface area contributed by atoms with Crippen molar-refractivity contribution in [3.05, 3.63) is 63.9 Å². The molecule has 152 valence electrons. The molecule has 1 N–H and O–H groups in total. The number of sulfonamides is 1. The van der Waals surface area contributed by atoms with Gasteiger partial charge in [-0.1, -0.05) is 36.7 Å². The van der Waals surface area contributed by atoms with Crippen LogP contribution in [-0.4, -0.2) is 27.1 Å². The average molecular weight is 427 g/mol. The SMILES string of the molecule is CC[C@@H](NC(=O)CN(c1ccc(F)c(Cl)c1)S(C)(=O)=O)c1ccc(C)c(C)c1. The Balaban J connectivity index is 2.22. The molecule has 0 saturated heterocycles. The van der Waals surface area contributed by atoms with Gasteiger partial charge in [-0.3, -0.25) is 9.10 Å². The van der Waals surface area contributed by atoms with E-state index in [1.165, 1.54) is 12.1 Å². The summed E-state index contributed by atoms with van der Waals surface area (Å²) in [6.45, 7) is 5.52. The van der Waals surface area contributed by atoms with E-state index in [-0.39, 0.29) is 16.8 Å². The molecule has 2 rings (SSSR count). The van der Waals surface area contributed by atoms with Crippen LogP contribution in [0.4, 0.5) is 10.1 Å². The molecule has 2 aromatic rings. The van der Waals surface area contributed by atoms with E-state index in [0.29, 0.717) is 6.42 Å². The van der Waals surface area contributed by atoms with Crippen LogP contribution in [0.2, 0.25) is 5.02 Å². The number of halogens is 2. The Morgan fingerprint density at radius 1 is 1.18 bits per heavy atom. The third kappa shape index (κ3) is 5.45. The highest BCUT2D eigenvalue weighted by atomic mass is 35.5. The van der Waals surface area contributed by atoms with Gasteiger partial charge in [-0.15, -0.1) is 0 Å². The van der Waals surface area contributed by atoms with Crippen LogP contribution in [0, 0.1) is 19.7 Å². The lowest BCUT2D eigenvalue weighted by molar-refractivity contribution is -0.120. The molecule has 0 saturated carbocycles. The molecule has 0 radical (unpaired) electrons. The first-order valence-corrected chi connectivity index (χ1v) is 11.0. The number of amides is 1. The number of carbonyl (C=O) groups excluding carboxylic acids is 1. The van der Waals surface area contributed by atoms with Gasteiger partial charge in [-0.2, -0.15) is 0 Å². The molecule has 0 fully saturated rings. The van der Waals surface area contributed by atoms with Gasteiger partial charge in [0.25, 0.3) is 0 Å². The van der Waals surface area contributed by atoms with Crippen molar-refractivity contribution in [2.45, 2.75) is 33.2 Å². The van der Waals surface area contributed by atoms with Crippen LogP contribution in [-0.2, 0) is 14.8 Å². The molecular weight excluding hydrogens is 403 g/mol. The van der Waals surface area contributed by atoms with E-state index in [4.69, 9.17) is 11.6 Å². The van der Waals surface area contributed by atoms with Crippen molar-refractivity contribution in [2.24, 2.45) is 0 Å². The van der Waals surface area contributed by atoms with Crippen molar-refractivity contribution in [3.63, 3.8) is 0 Å². The Morgan fingerprint density at radius 2 is 1.86 bits per heavy atom. The third-order valence-electron chi connectivity index (χ3n) is 4.56. The highest BCUT2D eigenvalue weighted by molar-refractivity contribution is 7.92. The number of hydrogen-bond acceptors (Lipinski definition) is 3. The zero-order valence-corrected chi connectivity index (χ0v) is 17.9. The first-order valence-electron chi connectivity index (χ1n) is 8.82. The molecule has 1 atom stereocenters. The monoisotopic (exact) mass is 426 g/mol. The summed E-state index contributed by atoms with van der Waals surface area (Å²) in [5.74, 6) is -1.12. The quantitative estimate of drug-likeness (QED) is 0.723. The zero-order chi connectivity index (χ0) is 21.1. The van der Waals surface area contributed by atoms with E-state index in [2.05, 4.69) is 5.32 Å². The molecule has 0 aromatic heterocycles. The minimum absolute atomic E-state index is 0.128. The number of aryl methyl sites for hydroxylation is 2. The zero-order valence-electron chi connectivity index (χ0n) is 16.3. The number of nitrogens with one attached hydrogen (secondary N) is 1. The molecule has 0 heterocycles. The number of benzene rings is 2. The lowest BCUT2D eigenvalue weighted by Crippen LogP contribution is -2.41. The van der Waals surface area contributed by atoms with Crippen molar-refractivity contribution in [3.8, 4) is 0 Å². The van der Waals surface area contributed by atoms with Crippen LogP contribution in [0.1, 0.15) is 36.1 Å². The fourth-order valence-electron chi connectivity index (χ4n) is 2.81. The average Bonchev–Trinajstić information content (AvgIpc) is 2.61. The van der Waals surface area contributed by atoms with Gasteiger partial charge in [-0.05, 0) is 55.2 Å². The Bertz CT molecular complexity index is 979. The van der Waals surface area contributed by atoms with Gasteiger partial charge in [0.05, 0.1) is 23.0 Å². The summed E-state index contributed by atoms with van der Waals surface area (Å²) in [6, 6.07) is 9.23. The van der Waals surface area contributed by atoms with Gasteiger partial charge < -0.3 is 5.32 Å². The second kappa shape index (κ2) is 8.92. The molecule has 0 bridgehead atoms. The van der Waals surface area contributed by atoms with Crippen LogP contribution >= 0.6 is 11.6 Å². The van der Waals surface area contributed by atoms with E-state index in [9.17, 15) is 17.6 Å². The second-order valence-electron chi connectivity index (χ2n) is 6.74. The van der Waals surface area contributed by atoms with Crippen molar-refractivity contribution < 1.29 is 17.6 Å². The molecule has 28 heavy (non-hydrogen) atoms. The van der Waals surface area contributed by atoms with Crippen LogP contribution in [0.25, 0.3) is 0 Å². The lowest BCUT2D eigenvalue weighted by Gasteiger charge is -2.24. The van der Waals surface area contributed by atoms with Crippen LogP contribution in [0.3, 0.4) is 0 Å². The van der Waals surface area contributed by atoms with Crippen LogP contribution in [0.5, 0.6) is 0 Å². The number of hydrogen-bond donors (Lipinski definition) is 1. The summed E-state index contributed by atoms with van der Waals surface area (Å²) >= 11 is 5.76. The second-order valence-corrected chi connectivity index (χ2v) is 9.05. The summed E-state index contributed by atoms with van der Waals surface area (Å²) in [7, 11) is -3.77. The number of carbonyl (C=O) groups is 1. The molecule has 0 aliphatic heterocycles. The molecular formula is C20H24ClFN2O3S. The topological polar surface area (TPSA) is 66.5 Å². The summed E-state index contributed by atoms with van der Waals surface area (Å²) < 4.78 is 38.7. The van der Waals surface area contributed by atoms with Crippen molar-refractivity contribution in [1.82, 2.24) is 5.32 Å². The number of rotatable bonds is 7. The lowest BCUT2D eigenvalue weighted by atomic mass is 9.99. The predicted octanol–water partition coefficient (Wildman–Crippen LogP) is 4.13. The number of nitrogens with zero attached hydrogens (tertiary/aromatic N) is 1. The van der Waals surface area contributed by atoms with Gasteiger partial charge in [0.1, 0.15) is 12.4 Å². The summed E-state index contributed by atoms with van der Waals surface area (Å²) in [6.07, 6.45) is 1.63. The summed E-state index contributed by atoms with van der Waals surface area (Å²) in [4.78, 5) is 12.6. The van der Waals surface area contributed by atoms with Gasteiger partial charge in [0.15, 0.2) is 0 Å². The highest BCUT2D eigenvalue weighted by Gasteiger charge is 2.23. The Kier molecular flexibility index (Phi) is 7.06. The minimum Gasteiger partial charge on any atom is -0.348 e. The van der Waals surface area contributed by atoms with Gasteiger partial charge in [-0.25, -0.2) is 12.8 Å².